The van der Waals surface area contributed by atoms with Gasteiger partial charge in [0.15, 0.2) is 0 Å². The number of aromatic nitrogens is 1. The summed E-state index contributed by atoms with van der Waals surface area (Å²) in [4.78, 5) is 2.50. The van der Waals surface area contributed by atoms with Crippen molar-refractivity contribution in [3.63, 3.8) is 0 Å². The van der Waals surface area contributed by atoms with Crippen LogP contribution in [0.15, 0.2) is 30.3 Å². The second kappa shape index (κ2) is 3.48. The summed E-state index contributed by atoms with van der Waals surface area (Å²) < 4.78 is 2.49. The molecule has 1 unspecified atom stereocenters. The van der Waals surface area contributed by atoms with E-state index in [0.29, 0.717) is 6.04 Å². The first-order valence-corrected chi connectivity index (χ1v) is 6.75. The Balaban J connectivity index is 2.06. The Bertz CT molecular complexity index is 663. The standard InChI is InChI=1S/C16H18N2/c1-11-9-12-5-3-6-14-13-7-4-8-17(2)15(13)10-18(11)16(12)14/h3,5-7,9,15H,4,8,10H2,1-2H3. The summed E-state index contributed by atoms with van der Waals surface area (Å²) in [7, 11) is 2.25. The highest BCUT2D eigenvalue weighted by Crippen LogP contribution is 2.38. The maximum atomic E-state index is 2.50. The number of rotatable bonds is 0. The number of hydrogen-bond donors (Lipinski definition) is 0. The van der Waals surface area contributed by atoms with E-state index in [1.807, 2.05) is 0 Å². The lowest BCUT2D eigenvalue weighted by Gasteiger charge is -2.38. The Morgan fingerprint density at radius 3 is 3.06 bits per heavy atom. The topological polar surface area (TPSA) is 8.17 Å². The summed E-state index contributed by atoms with van der Waals surface area (Å²) in [5.41, 5.74) is 5.81. The molecule has 3 heterocycles. The van der Waals surface area contributed by atoms with Crippen LogP contribution in [-0.4, -0.2) is 29.1 Å². The molecule has 4 rings (SSSR count). The molecule has 2 aliphatic rings. The smallest absolute Gasteiger partial charge is 0.0559 e. The number of hydrogen-bond acceptors (Lipinski definition) is 1. The van der Waals surface area contributed by atoms with Gasteiger partial charge in [0.1, 0.15) is 0 Å². The average Bonchev–Trinajstić information content (AvgIpc) is 2.69. The van der Waals surface area contributed by atoms with Crippen LogP contribution in [0.25, 0.3) is 16.5 Å². The molecule has 2 aromatic rings. The Morgan fingerprint density at radius 1 is 1.28 bits per heavy atom. The number of nitrogens with zero attached hydrogens (tertiary/aromatic N) is 2. The fourth-order valence-corrected chi connectivity index (χ4v) is 3.58. The van der Waals surface area contributed by atoms with Crippen molar-refractivity contribution in [2.75, 3.05) is 13.6 Å². The van der Waals surface area contributed by atoms with Gasteiger partial charge in [0, 0.05) is 29.7 Å². The van der Waals surface area contributed by atoms with Crippen LogP contribution in [0.2, 0.25) is 0 Å². The zero-order valence-corrected chi connectivity index (χ0v) is 11.0. The Labute approximate surface area is 108 Å². The van der Waals surface area contributed by atoms with E-state index in [1.54, 1.807) is 5.57 Å². The Morgan fingerprint density at radius 2 is 2.17 bits per heavy atom. The van der Waals surface area contributed by atoms with Crippen molar-refractivity contribution in [3.8, 4) is 0 Å². The maximum Gasteiger partial charge on any atom is 0.0559 e. The fraction of sp³-hybridized carbons (Fsp3) is 0.375. The van der Waals surface area contributed by atoms with Crippen molar-refractivity contribution in [1.29, 1.82) is 0 Å². The number of fused-ring (bicyclic) bond motifs is 2. The molecular weight excluding hydrogens is 220 g/mol. The van der Waals surface area contributed by atoms with E-state index in [-0.39, 0.29) is 0 Å². The maximum absolute atomic E-state index is 2.50. The number of para-hydroxylation sites is 1. The summed E-state index contributed by atoms with van der Waals surface area (Å²) in [5, 5.41) is 1.39. The first kappa shape index (κ1) is 10.4. The molecule has 0 radical (unpaired) electrons. The van der Waals surface area contributed by atoms with Crippen LogP contribution in [0.4, 0.5) is 0 Å². The third kappa shape index (κ3) is 1.21. The van der Waals surface area contributed by atoms with Gasteiger partial charge in [0.25, 0.3) is 0 Å². The average molecular weight is 238 g/mol. The quantitative estimate of drug-likeness (QED) is 0.685. The highest BCUT2D eigenvalue weighted by molar-refractivity contribution is 5.95. The van der Waals surface area contributed by atoms with E-state index in [2.05, 4.69) is 53.8 Å². The highest BCUT2D eigenvalue weighted by Gasteiger charge is 2.30. The molecule has 0 amide bonds. The van der Waals surface area contributed by atoms with E-state index in [1.165, 1.54) is 35.1 Å². The van der Waals surface area contributed by atoms with E-state index in [4.69, 9.17) is 0 Å². The first-order valence-electron chi connectivity index (χ1n) is 6.75. The Hall–Kier alpha value is -1.54. The van der Waals surface area contributed by atoms with E-state index < -0.39 is 0 Å². The zero-order chi connectivity index (χ0) is 12.3. The molecule has 1 aromatic heterocycles. The molecular formula is C16H18N2. The van der Waals surface area contributed by atoms with Gasteiger partial charge in [-0.3, -0.25) is 4.90 Å². The molecule has 92 valence electrons. The minimum atomic E-state index is 0.558. The summed E-state index contributed by atoms with van der Waals surface area (Å²) >= 11 is 0. The van der Waals surface area contributed by atoms with E-state index in [0.717, 1.165) is 6.54 Å². The van der Waals surface area contributed by atoms with Gasteiger partial charge in [0.05, 0.1) is 11.6 Å². The summed E-state index contributed by atoms with van der Waals surface area (Å²) in [6, 6.07) is 9.59. The van der Waals surface area contributed by atoms with Crippen LogP contribution >= 0.6 is 0 Å². The molecule has 2 aliphatic heterocycles. The van der Waals surface area contributed by atoms with Crippen LogP contribution in [0, 0.1) is 6.92 Å². The van der Waals surface area contributed by atoms with Crippen LogP contribution < -0.4 is 0 Å². The monoisotopic (exact) mass is 238 g/mol. The van der Waals surface area contributed by atoms with Crippen LogP contribution in [-0.2, 0) is 6.54 Å². The Kier molecular flexibility index (Phi) is 2.01. The van der Waals surface area contributed by atoms with Crippen LogP contribution in [0.1, 0.15) is 17.7 Å². The van der Waals surface area contributed by atoms with Gasteiger partial charge < -0.3 is 4.57 Å². The minimum absolute atomic E-state index is 0.558. The van der Waals surface area contributed by atoms with Gasteiger partial charge in [0.2, 0.25) is 0 Å². The molecule has 1 atom stereocenters. The van der Waals surface area contributed by atoms with Gasteiger partial charge >= 0.3 is 0 Å². The van der Waals surface area contributed by atoms with Gasteiger partial charge in [-0.2, -0.15) is 0 Å². The number of likely N-dealkylation sites (N-methyl/N-ethyl adjacent to an activating group) is 1. The molecule has 2 nitrogen and oxygen atoms in total. The number of aryl methyl sites for hydroxylation is 1. The van der Waals surface area contributed by atoms with E-state index in [9.17, 15) is 0 Å². The van der Waals surface area contributed by atoms with Crippen molar-refractivity contribution in [3.05, 3.63) is 41.6 Å². The highest BCUT2D eigenvalue weighted by atomic mass is 15.2. The van der Waals surface area contributed by atoms with Gasteiger partial charge in [-0.15, -0.1) is 0 Å². The third-order valence-corrected chi connectivity index (χ3v) is 4.53. The molecule has 1 aromatic carbocycles. The molecule has 2 heteroatoms. The third-order valence-electron chi connectivity index (χ3n) is 4.53. The number of benzene rings is 1. The largest absolute Gasteiger partial charge is 0.342 e. The molecule has 0 bridgehead atoms. The predicted octanol–water partition coefficient (Wildman–Crippen LogP) is 3.05. The van der Waals surface area contributed by atoms with Crippen molar-refractivity contribution in [2.45, 2.75) is 25.9 Å². The lowest BCUT2D eigenvalue weighted by molar-refractivity contribution is 0.260. The molecule has 0 spiro atoms. The van der Waals surface area contributed by atoms with Crippen molar-refractivity contribution >= 4 is 16.5 Å². The lowest BCUT2D eigenvalue weighted by atomic mass is 9.89. The second-order valence-corrected chi connectivity index (χ2v) is 5.58. The van der Waals surface area contributed by atoms with Crippen molar-refractivity contribution in [1.82, 2.24) is 9.47 Å². The molecule has 0 saturated heterocycles. The second-order valence-electron chi connectivity index (χ2n) is 5.58. The molecule has 0 aliphatic carbocycles. The normalized spacial score (nSPS) is 23.0. The molecule has 0 N–H and O–H groups in total. The zero-order valence-electron chi connectivity index (χ0n) is 11.0. The molecule has 0 fully saturated rings. The first-order chi connectivity index (χ1) is 8.75. The van der Waals surface area contributed by atoms with Crippen molar-refractivity contribution < 1.29 is 0 Å². The predicted molar refractivity (Wildman–Crippen MR) is 75.7 cm³/mol. The summed E-state index contributed by atoms with van der Waals surface area (Å²) in [5.74, 6) is 0. The molecule has 0 saturated carbocycles. The van der Waals surface area contributed by atoms with Gasteiger partial charge in [-0.05, 0) is 32.0 Å². The lowest BCUT2D eigenvalue weighted by Crippen LogP contribution is -2.41. The van der Waals surface area contributed by atoms with Crippen molar-refractivity contribution in [2.24, 2.45) is 0 Å². The molecule has 18 heavy (non-hydrogen) atoms. The van der Waals surface area contributed by atoms with Crippen LogP contribution in [0.5, 0.6) is 0 Å². The summed E-state index contributed by atoms with van der Waals surface area (Å²) in [6.45, 7) is 4.51. The van der Waals surface area contributed by atoms with E-state index >= 15 is 0 Å². The van der Waals surface area contributed by atoms with Crippen LogP contribution in [0.3, 0.4) is 0 Å². The van der Waals surface area contributed by atoms with Gasteiger partial charge in [-0.1, -0.05) is 24.3 Å². The van der Waals surface area contributed by atoms with Gasteiger partial charge in [-0.25, -0.2) is 0 Å². The summed E-state index contributed by atoms with van der Waals surface area (Å²) in [6.07, 6.45) is 3.63. The fourth-order valence-electron chi connectivity index (χ4n) is 3.58. The SMILES string of the molecule is Cc1cc2cccc3c2n1CC1C3=CCCN1C. The minimum Gasteiger partial charge on any atom is -0.342 e.